The highest BCUT2D eigenvalue weighted by Crippen LogP contribution is 2.21. The van der Waals surface area contributed by atoms with Gasteiger partial charge in [0.2, 0.25) is 0 Å². The maximum absolute atomic E-state index is 11.2. The van der Waals surface area contributed by atoms with Crippen LogP contribution in [0.1, 0.15) is 0 Å². The number of carbonyl (C=O) groups is 3. The van der Waals surface area contributed by atoms with Crippen LogP contribution >= 0.6 is 0 Å². The van der Waals surface area contributed by atoms with Crippen molar-refractivity contribution < 1.29 is 28.6 Å². The van der Waals surface area contributed by atoms with E-state index in [9.17, 15) is 14.4 Å². The molecule has 0 aromatic carbocycles. The predicted octanol–water partition coefficient (Wildman–Crippen LogP) is 0.861. The van der Waals surface area contributed by atoms with Crippen LogP contribution in [-0.2, 0) is 28.6 Å². The second kappa shape index (κ2) is 10.1. The van der Waals surface area contributed by atoms with Crippen LogP contribution in [0, 0.1) is 5.41 Å². The molecule has 0 bridgehead atoms. The molecule has 0 rings (SSSR count). The summed E-state index contributed by atoms with van der Waals surface area (Å²) in [6.45, 7) is 12.6. The molecule has 22 heavy (non-hydrogen) atoms. The molecule has 0 spiro atoms. The third-order valence-electron chi connectivity index (χ3n) is 2.51. The Morgan fingerprint density at radius 1 is 0.818 bits per heavy atom. The second-order valence-corrected chi connectivity index (χ2v) is 4.32. The summed E-state index contributed by atoms with van der Waals surface area (Å²) in [6.07, 6.45) is 2.95. The molecule has 0 aliphatic rings. The summed E-state index contributed by atoms with van der Waals surface area (Å²) in [4.78, 5) is 37.4. The quantitative estimate of drug-likeness (QED) is 0.243. The first kappa shape index (κ1) is 19.3. The molecule has 120 valence electrons. The van der Waals surface area contributed by atoms with Gasteiger partial charge in [-0.15, -0.1) is 0 Å². The van der Waals surface area contributed by atoms with Crippen molar-refractivity contribution in [3.8, 4) is 0 Å². The van der Waals surface area contributed by atoms with Gasteiger partial charge in [-0.05, 0) is 6.72 Å². The number of ether oxygens (including phenoxy) is 3. The van der Waals surface area contributed by atoms with Gasteiger partial charge in [0, 0.05) is 18.2 Å². The minimum atomic E-state index is -1.06. The van der Waals surface area contributed by atoms with Gasteiger partial charge >= 0.3 is 17.9 Å². The summed E-state index contributed by atoms with van der Waals surface area (Å²) in [7, 11) is 0. The van der Waals surface area contributed by atoms with E-state index < -0.39 is 23.3 Å². The Morgan fingerprint density at radius 2 is 1.14 bits per heavy atom. The summed E-state index contributed by atoms with van der Waals surface area (Å²) in [5.41, 5.74) is -1.06. The van der Waals surface area contributed by atoms with Crippen LogP contribution in [0.2, 0.25) is 0 Å². The van der Waals surface area contributed by atoms with E-state index in [0.29, 0.717) is 0 Å². The lowest BCUT2D eigenvalue weighted by molar-refractivity contribution is -0.154. The standard InChI is InChI=1S/C15H19NO6/c1-5-12(17)20-9-15(8-16-4,10-21-13(18)6-2)11-22-14(19)7-3/h5-7H,1-4,8-11H2. The van der Waals surface area contributed by atoms with Crippen molar-refractivity contribution in [2.24, 2.45) is 10.4 Å². The highest BCUT2D eigenvalue weighted by molar-refractivity contribution is 5.82. The summed E-state index contributed by atoms with van der Waals surface area (Å²) < 4.78 is 14.9. The Morgan fingerprint density at radius 3 is 1.36 bits per heavy atom. The number of hydrogen-bond donors (Lipinski definition) is 0. The maximum atomic E-state index is 11.2. The molecule has 0 atom stereocenters. The number of aliphatic imine (C=N–C) groups is 1. The van der Waals surface area contributed by atoms with E-state index in [0.717, 1.165) is 18.2 Å². The molecule has 0 amide bonds. The van der Waals surface area contributed by atoms with Crippen LogP contribution in [0.5, 0.6) is 0 Å². The molecule has 0 aliphatic carbocycles. The first-order valence-electron chi connectivity index (χ1n) is 6.23. The third kappa shape index (κ3) is 7.18. The maximum Gasteiger partial charge on any atom is 0.330 e. The smallest absolute Gasteiger partial charge is 0.330 e. The van der Waals surface area contributed by atoms with E-state index in [1.807, 2.05) is 0 Å². The molecule has 7 heteroatoms. The van der Waals surface area contributed by atoms with E-state index in [1.54, 1.807) is 0 Å². The van der Waals surface area contributed by atoms with E-state index in [1.165, 1.54) is 0 Å². The molecule has 0 fully saturated rings. The van der Waals surface area contributed by atoms with Crippen molar-refractivity contribution in [2.75, 3.05) is 26.4 Å². The zero-order valence-electron chi connectivity index (χ0n) is 12.3. The Balaban J connectivity index is 5.07. The fourth-order valence-electron chi connectivity index (χ4n) is 1.35. The molecule has 0 aromatic rings. The average Bonchev–Trinajstić information content (AvgIpc) is 2.54. The molecule has 0 radical (unpaired) electrons. The van der Waals surface area contributed by atoms with Crippen LogP contribution in [0.4, 0.5) is 0 Å². The van der Waals surface area contributed by atoms with Gasteiger partial charge in [-0.1, -0.05) is 19.7 Å². The number of rotatable bonds is 11. The molecule has 0 saturated carbocycles. The summed E-state index contributed by atoms with van der Waals surface area (Å²) in [5.74, 6) is -2.00. The van der Waals surface area contributed by atoms with Crippen molar-refractivity contribution in [1.29, 1.82) is 0 Å². The molecule has 0 N–H and O–H groups in total. The first-order valence-corrected chi connectivity index (χ1v) is 6.23. The Bertz CT molecular complexity index is 409. The predicted molar refractivity (Wildman–Crippen MR) is 80.3 cm³/mol. The number of esters is 3. The molecule has 0 unspecified atom stereocenters. The van der Waals surface area contributed by atoms with Crippen molar-refractivity contribution in [3.63, 3.8) is 0 Å². The monoisotopic (exact) mass is 309 g/mol. The SMILES string of the molecule is C=CC(=O)OCC(CN=C)(COC(=O)C=C)COC(=O)C=C. The minimum Gasteiger partial charge on any atom is -0.462 e. The van der Waals surface area contributed by atoms with Gasteiger partial charge in [-0.25, -0.2) is 14.4 Å². The van der Waals surface area contributed by atoms with E-state index in [4.69, 9.17) is 14.2 Å². The molecule has 0 aromatic heterocycles. The molecular weight excluding hydrogens is 290 g/mol. The lowest BCUT2D eigenvalue weighted by Gasteiger charge is -2.30. The van der Waals surface area contributed by atoms with Gasteiger partial charge in [0.05, 0.1) is 12.0 Å². The molecular formula is C15H19NO6. The number of nitrogens with zero attached hydrogens (tertiary/aromatic N) is 1. The van der Waals surface area contributed by atoms with Crippen LogP contribution in [0.3, 0.4) is 0 Å². The normalized spacial score (nSPS) is 10.0. The van der Waals surface area contributed by atoms with Gasteiger partial charge in [-0.3, -0.25) is 4.99 Å². The summed E-state index contributed by atoms with van der Waals surface area (Å²) in [6, 6.07) is 0. The molecule has 0 saturated heterocycles. The van der Waals surface area contributed by atoms with Crippen LogP contribution in [-0.4, -0.2) is 51.0 Å². The molecule has 7 nitrogen and oxygen atoms in total. The minimum absolute atomic E-state index is 0.0340. The summed E-state index contributed by atoms with van der Waals surface area (Å²) in [5, 5.41) is 0. The lowest BCUT2D eigenvalue weighted by atomic mass is 9.91. The van der Waals surface area contributed by atoms with Gasteiger partial charge in [0.25, 0.3) is 0 Å². The van der Waals surface area contributed by atoms with Crippen LogP contribution in [0.25, 0.3) is 0 Å². The van der Waals surface area contributed by atoms with E-state index in [-0.39, 0.29) is 26.4 Å². The third-order valence-corrected chi connectivity index (χ3v) is 2.51. The van der Waals surface area contributed by atoms with Gasteiger partial charge in [-0.2, -0.15) is 0 Å². The Kier molecular flexibility index (Phi) is 8.85. The first-order chi connectivity index (χ1) is 10.4. The zero-order chi connectivity index (χ0) is 17.0. The molecule has 0 aliphatic heterocycles. The van der Waals surface area contributed by atoms with Crippen molar-refractivity contribution in [3.05, 3.63) is 38.0 Å². The fourth-order valence-corrected chi connectivity index (χ4v) is 1.35. The van der Waals surface area contributed by atoms with Gasteiger partial charge in [0.1, 0.15) is 19.8 Å². The largest absolute Gasteiger partial charge is 0.462 e. The number of hydrogen-bond acceptors (Lipinski definition) is 7. The Labute approximate surface area is 129 Å². The lowest BCUT2D eigenvalue weighted by Crippen LogP contribution is -2.41. The average molecular weight is 309 g/mol. The second-order valence-electron chi connectivity index (χ2n) is 4.32. The van der Waals surface area contributed by atoms with Gasteiger partial charge < -0.3 is 14.2 Å². The van der Waals surface area contributed by atoms with Crippen molar-refractivity contribution >= 4 is 24.6 Å². The highest BCUT2D eigenvalue weighted by Gasteiger charge is 2.35. The Hall–Kier alpha value is -2.70. The van der Waals surface area contributed by atoms with Crippen LogP contribution in [0.15, 0.2) is 43.0 Å². The van der Waals surface area contributed by atoms with Crippen molar-refractivity contribution in [1.82, 2.24) is 0 Å². The van der Waals surface area contributed by atoms with E-state index in [2.05, 4.69) is 31.4 Å². The fraction of sp³-hybridized carbons (Fsp3) is 0.333. The van der Waals surface area contributed by atoms with Crippen molar-refractivity contribution in [2.45, 2.75) is 0 Å². The highest BCUT2D eigenvalue weighted by atomic mass is 16.6. The summed E-state index contributed by atoms with van der Waals surface area (Å²) >= 11 is 0. The molecule has 0 heterocycles. The zero-order valence-corrected chi connectivity index (χ0v) is 12.3. The topological polar surface area (TPSA) is 91.3 Å². The van der Waals surface area contributed by atoms with Crippen LogP contribution < -0.4 is 0 Å². The van der Waals surface area contributed by atoms with E-state index >= 15 is 0 Å². The van der Waals surface area contributed by atoms with Gasteiger partial charge in [0.15, 0.2) is 0 Å². The number of carbonyl (C=O) groups excluding carboxylic acids is 3.